The van der Waals surface area contributed by atoms with Crippen LogP contribution in [0.4, 0.5) is 0 Å². The van der Waals surface area contributed by atoms with Gasteiger partial charge in [0, 0.05) is 12.8 Å². The molecule has 0 spiro atoms. The Labute approximate surface area is 297 Å². The van der Waals surface area contributed by atoms with Gasteiger partial charge in [-0.15, -0.1) is 0 Å². The van der Waals surface area contributed by atoms with Crippen LogP contribution in [0.25, 0.3) is 0 Å². The number of esters is 2. The number of unbranched alkanes of at least 4 members (excludes halogenated alkanes) is 20. The van der Waals surface area contributed by atoms with E-state index in [4.69, 9.17) is 24.8 Å². The zero-order chi connectivity index (χ0) is 36.4. The second-order valence-electron chi connectivity index (χ2n) is 13.1. The maximum Gasteiger partial charge on any atom is 0.472 e. The number of carbonyl (C=O) groups excluding carboxylic acids is 2. The van der Waals surface area contributed by atoms with Crippen molar-refractivity contribution in [1.82, 2.24) is 0 Å². The molecule has 49 heavy (non-hydrogen) atoms. The standard InChI is InChI=1S/C37H70NO10P/c1-3-5-7-9-11-13-15-17-19-21-23-25-27-29-36(40)48-33(31-46-49(43,44)47-32-34(38)37(41)42)30-45-35(39)28-26-24-22-20-18-16-14-12-10-8-6-4-2/h17,19,33-34H,3-16,18,20-32,38H2,1-2H3,(H,41,42)(H,43,44)/b19-17+/t33-,34+/m1/s1. The number of carboxylic acid groups (broad SMARTS) is 1. The molecule has 0 rings (SSSR count). The average molecular weight is 720 g/mol. The number of nitrogens with two attached hydrogens (primary N) is 1. The number of phosphoric acid groups is 1. The van der Waals surface area contributed by atoms with E-state index >= 15 is 0 Å². The Bertz CT molecular complexity index is 900. The van der Waals surface area contributed by atoms with E-state index in [2.05, 4.69) is 30.5 Å². The van der Waals surface area contributed by atoms with Gasteiger partial charge in [0.1, 0.15) is 12.6 Å². The van der Waals surface area contributed by atoms with E-state index in [9.17, 15) is 23.8 Å². The van der Waals surface area contributed by atoms with Crippen molar-refractivity contribution in [2.24, 2.45) is 5.73 Å². The van der Waals surface area contributed by atoms with Crippen molar-refractivity contribution < 1.29 is 47.5 Å². The molecule has 0 fully saturated rings. The van der Waals surface area contributed by atoms with Crippen molar-refractivity contribution in [2.75, 3.05) is 19.8 Å². The van der Waals surface area contributed by atoms with Gasteiger partial charge in [-0.25, -0.2) is 4.57 Å². The number of ether oxygens (including phenoxy) is 2. The third-order valence-corrected chi connectivity index (χ3v) is 9.21. The fourth-order valence-corrected chi connectivity index (χ4v) is 5.95. The summed E-state index contributed by atoms with van der Waals surface area (Å²) in [5, 5.41) is 8.85. The molecule has 1 unspecified atom stereocenters. The summed E-state index contributed by atoms with van der Waals surface area (Å²) in [5.41, 5.74) is 5.31. The Morgan fingerprint density at radius 2 is 1.02 bits per heavy atom. The van der Waals surface area contributed by atoms with E-state index in [1.807, 2.05) is 0 Å². The molecular formula is C37H70NO10P. The highest BCUT2D eigenvalue weighted by molar-refractivity contribution is 7.47. The van der Waals surface area contributed by atoms with Crippen LogP contribution in [0.1, 0.15) is 174 Å². The molecular weight excluding hydrogens is 649 g/mol. The number of hydrogen-bond acceptors (Lipinski definition) is 9. The van der Waals surface area contributed by atoms with Crippen molar-refractivity contribution in [1.29, 1.82) is 0 Å². The first kappa shape index (κ1) is 47.2. The van der Waals surface area contributed by atoms with Crippen LogP contribution >= 0.6 is 7.82 Å². The topological polar surface area (TPSA) is 172 Å². The van der Waals surface area contributed by atoms with Gasteiger partial charge in [-0.05, 0) is 38.5 Å². The lowest BCUT2D eigenvalue weighted by Crippen LogP contribution is -2.34. The fraction of sp³-hybridized carbons (Fsp3) is 0.865. The second-order valence-corrected chi connectivity index (χ2v) is 14.5. The van der Waals surface area contributed by atoms with Crippen LogP contribution < -0.4 is 5.73 Å². The molecule has 0 saturated heterocycles. The minimum atomic E-state index is -4.71. The number of phosphoric ester groups is 1. The van der Waals surface area contributed by atoms with E-state index in [0.29, 0.717) is 12.8 Å². The molecule has 0 bridgehead atoms. The van der Waals surface area contributed by atoms with Crippen LogP contribution in [0.15, 0.2) is 12.2 Å². The summed E-state index contributed by atoms with van der Waals surface area (Å²) in [7, 11) is -4.71. The number of rotatable bonds is 36. The lowest BCUT2D eigenvalue weighted by molar-refractivity contribution is -0.161. The molecule has 0 saturated carbocycles. The van der Waals surface area contributed by atoms with Gasteiger partial charge in [-0.2, -0.15) is 0 Å². The Morgan fingerprint density at radius 1 is 0.612 bits per heavy atom. The normalized spacial score (nSPS) is 14.0. The highest BCUT2D eigenvalue weighted by atomic mass is 31.2. The Kier molecular flexibility index (Phi) is 32.2. The summed E-state index contributed by atoms with van der Waals surface area (Å²) in [6.45, 7) is 2.76. The number of allylic oxidation sites excluding steroid dienone is 2. The van der Waals surface area contributed by atoms with E-state index in [0.717, 1.165) is 44.9 Å². The number of carboxylic acids is 1. The Hall–Kier alpha value is -1.78. The molecule has 3 atom stereocenters. The number of carbonyl (C=O) groups is 3. The van der Waals surface area contributed by atoms with E-state index in [1.165, 1.54) is 89.9 Å². The first-order valence-electron chi connectivity index (χ1n) is 19.2. The maximum absolute atomic E-state index is 12.5. The molecule has 0 aromatic carbocycles. The highest BCUT2D eigenvalue weighted by Crippen LogP contribution is 2.43. The summed E-state index contributed by atoms with van der Waals surface area (Å²) < 4.78 is 32.5. The lowest BCUT2D eigenvalue weighted by Gasteiger charge is -2.20. The van der Waals surface area contributed by atoms with Crippen LogP contribution in [0.5, 0.6) is 0 Å². The predicted molar refractivity (Wildman–Crippen MR) is 194 cm³/mol. The van der Waals surface area contributed by atoms with Crippen LogP contribution in [-0.4, -0.2) is 59.9 Å². The van der Waals surface area contributed by atoms with E-state index in [-0.39, 0.29) is 19.4 Å². The van der Waals surface area contributed by atoms with Crippen molar-refractivity contribution in [3.05, 3.63) is 12.2 Å². The zero-order valence-corrected chi connectivity index (χ0v) is 31.7. The molecule has 11 nitrogen and oxygen atoms in total. The summed E-state index contributed by atoms with van der Waals surface area (Å²) in [6, 6.07) is -1.52. The first-order chi connectivity index (χ1) is 23.6. The van der Waals surface area contributed by atoms with Gasteiger partial charge < -0.3 is 25.2 Å². The van der Waals surface area contributed by atoms with Gasteiger partial charge in [0.15, 0.2) is 6.10 Å². The summed E-state index contributed by atoms with van der Waals surface area (Å²) in [5.74, 6) is -2.39. The predicted octanol–water partition coefficient (Wildman–Crippen LogP) is 9.34. The monoisotopic (exact) mass is 719 g/mol. The Morgan fingerprint density at radius 3 is 1.51 bits per heavy atom. The SMILES string of the molecule is CCCCCCCC/C=C/CCCCCC(=O)O[C@H](COC(=O)CCCCCCCCCCCCCC)COP(=O)(O)OC[C@H](N)C(=O)O. The third-order valence-electron chi connectivity index (χ3n) is 8.26. The molecule has 0 aliphatic heterocycles. The smallest absolute Gasteiger partial charge is 0.472 e. The van der Waals surface area contributed by atoms with Gasteiger partial charge in [-0.3, -0.25) is 23.4 Å². The van der Waals surface area contributed by atoms with E-state index in [1.54, 1.807) is 0 Å². The van der Waals surface area contributed by atoms with Crippen molar-refractivity contribution in [3.8, 4) is 0 Å². The van der Waals surface area contributed by atoms with Gasteiger partial charge in [0.05, 0.1) is 13.2 Å². The number of aliphatic carboxylic acids is 1. The molecule has 0 aromatic rings. The fourth-order valence-electron chi connectivity index (χ4n) is 5.18. The zero-order valence-electron chi connectivity index (χ0n) is 30.8. The summed E-state index contributed by atoms with van der Waals surface area (Å²) >= 11 is 0. The Balaban J connectivity index is 4.46. The van der Waals surface area contributed by atoms with Crippen molar-refractivity contribution >= 4 is 25.7 Å². The van der Waals surface area contributed by atoms with Gasteiger partial charge in [0.25, 0.3) is 0 Å². The lowest BCUT2D eigenvalue weighted by atomic mass is 10.0. The minimum absolute atomic E-state index is 0.144. The molecule has 0 aromatic heterocycles. The van der Waals surface area contributed by atoms with Gasteiger partial charge in [0.2, 0.25) is 0 Å². The number of hydrogen-bond donors (Lipinski definition) is 3. The molecule has 4 N–H and O–H groups in total. The van der Waals surface area contributed by atoms with Gasteiger partial charge in [-0.1, -0.05) is 135 Å². The molecule has 0 radical (unpaired) electrons. The molecule has 0 aliphatic carbocycles. The average Bonchev–Trinajstić information content (AvgIpc) is 3.07. The molecule has 0 amide bonds. The minimum Gasteiger partial charge on any atom is -0.480 e. The second kappa shape index (κ2) is 33.4. The molecule has 0 aliphatic rings. The van der Waals surface area contributed by atoms with E-state index < -0.39 is 51.1 Å². The third kappa shape index (κ3) is 33.1. The van der Waals surface area contributed by atoms with Crippen LogP contribution in [0.3, 0.4) is 0 Å². The van der Waals surface area contributed by atoms with Crippen LogP contribution in [0.2, 0.25) is 0 Å². The van der Waals surface area contributed by atoms with Crippen LogP contribution in [-0.2, 0) is 37.5 Å². The quantitative estimate of drug-likeness (QED) is 0.0244. The maximum atomic E-state index is 12.5. The van der Waals surface area contributed by atoms with Crippen molar-refractivity contribution in [3.63, 3.8) is 0 Å². The summed E-state index contributed by atoms with van der Waals surface area (Å²) in [6.07, 6.45) is 30.0. The van der Waals surface area contributed by atoms with Crippen molar-refractivity contribution in [2.45, 2.75) is 187 Å². The molecule has 288 valence electrons. The molecule has 12 heteroatoms. The van der Waals surface area contributed by atoms with Gasteiger partial charge >= 0.3 is 25.7 Å². The molecule has 0 heterocycles. The highest BCUT2D eigenvalue weighted by Gasteiger charge is 2.28. The summed E-state index contributed by atoms with van der Waals surface area (Å²) in [4.78, 5) is 45.7. The first-order valence-corrected chi connectivity index (χ1v) is 20.7. The van der Waals surface area contributed by atoms with Crippen LogP contribution in [0, 0.1) is 0 Å². The largest absolute Gasteiger partial charge is 0.480 e.